The summed E-state index contributed by atoms with van der Waals surface area (Å²) < 4.78 is 0.0362. The molecule has 1 aromatic carbocycles. The van der Waals surface area contributed by atoms with Gasteiger partial charge in [0.25, 0.3) is 0 Å². The van der Waals surface area contributed by atoms with Crippen molar-refractivity contribution in [2.75, 3.05) is 12.4 Å². The van der Waals surface area contributed by atoms with Gasteiger partial charge in [0.2, 0.25) is 0 Å². The number of benzene rings is 1. The van der Waals surface area contributed by atoms with Crippen LogP contribution in [0.1, 0.15) is 20.3 Å². The van der Waals surface area contributed by atoms with E-state index in [0.717, 1.165) is 22.9 Å². The van der Waals surface area contributed by atoms with Crippen LogP contribution in [-0.4, -0.2) is 27.3 Å². The Kier molecular flexibility index (Phi) is 4.17. The van der Waals surface area contributed by atoms with Crippen molar-refractivity contribution in [2.45, 2.75) is 29.9 Å². The average Bonchev–Trinajstić information content (AvgIpc) is 2.29. The van der Waals surface area contributed by atoms with Gasteiger partial charge in [-0.15, -0.1) is 23.5 Å². The summed E-state index contributed by atoms with van der Waals surface area (Å²) in [5, 5.41) is 9.99. The van der Waals surface area contributed by atoms with Crippen LogP contribution in [0.25, 0.3) is 0 Å². The first-order chi connectivity index (χ1) is 8.13. The van der Waals surface area contributed by atoms with Gasteiger partial charge < -0.3 is 5.11 Å². The first-order valence-electron chi connectivity index (χ1n) is 5.74. The van der Waals surface area contributed by atoms with E-state index in [1.54, 1.807) is 11.8 Å². The summed E-state index contributed by atoms with van der Waals surface area (Å²) in [6.07, 6.45) is 0.825. The summed E-state index contributed by atoms with van der Waals surface area (Å²) in [4.78, 5) is 6.00. The van der Waals surface area contributed by atoms with Crippen LogP contribution in [0.15, 0.2) is 34.2 Å². The summed E-state index contributed by atoms with van der Waals surface area (Å²) in [5.41, 5.74) is 1.07. The van der Waals surface area contributed by atoms with Gasteiger partial charge in [-0.05, 0) is 32.4 Å². The lowest BCUT2D eigenvalue weighted by Crippen LogP contribution is -2.27. The number of rotatable bonds is 3. The third kappa shape index (κ3) is 3.06. The molecule has 92 valence electrons. The van der Waals surface area contributed by atoms with Gasteiger partial charge in [0.05, 0.1) is 15.5 Å². The Balaban J connectivity index is 2.21. The van der Waals surface area contributed by atoms with Crippen LogP contribution >= 0.6 is 23.5 Å². The Morgan fingerprint density at radius 1 is 1.35 bits per heavy atom. The van der Waals surface area contributed by atoms with Gasteiger partial charge in [0.1, 0.15) is 0 Å². The Labute approximate surface area is 111 Å². The van der Waals surface area contributed by atoms with Crippen LogP contribution in [0.2, 0.25) is 0 Å². The second kappa shape index (κ2) is 5.46. The van der Waals surface area contributed by atoms with Crippen molar-refractivity contribution in [1.29, 1.82) is 0 Å². The number of nitrogens with zero attached hydrogens (tertiary/aromatic N) is 1. The minimum atomic E-state index is 0.0362. The standard InChI is InChI=1S/C13H17NOS2/c1-13(2)12(16-9-5-8-15)14-10-6-3-4-7-11(10)17-13/h3-4,6-7,15H,5,8-9H2,1-2H3. The molecule has 0 atom stereocenters. The Morgan fingerprint density at radius 3 is 2.88 bits per heavy atom. The number of aliphatic hydroxyl groups excluding tert-OH is 1. The minimum Gasteiger partial charge on any atom is -0.396 e. The normalized spacial score (nSPS) is 17.5. The first kappa shape index (κ1) is 13.0. The molecule has 0 radical (unpaired) electrons. The lowest BCUT2D eigenvalue weighted by atomic mass is 10.2. The topological polar surface area (TPSA) is 32.6 Å². The summed E-state index contributed by atoms with van der Waals surface area (Å²) in [6.45, 7) is 4.67. The molecule has 0 unspecified atom stereocenters. The highest BCUT2D eigenvalue weighted by Gasteiger charge is 2.31. The molecule has 0 saturated heterocycles. The van der Waals surface area contributed by atoms with Gasteiger partial charge in [-0.25, -0.2) is 4.99 Å². The molecule has 0 bridgehead atoms. The zero-order chi connectivity index (χ0) is 12.3. The molecule has 0 saturated carbocycles. The number of aliphatic imine (C=N–C) groups is 1. The predicted octanol–water partition coefficient (Wildman–Crippen LogP) is 3.72. The van der Waals surface area contributed by atoms with Gasteiger partial charge in [-0.2, -0.15) is 0 Å². The van der Waals surface area contributed by atoms with Gasteiger partial charge in [-0.3, -0.25) is 0 Å². The van der Waals surface area contributed by atoms with E-state index in [0.29, 0.717) is 0 Å². The van der Waals surface area contributed by atoms with Crippen LogP contribution in [0.3, 0.4) is 0 Å². The molecule has 0 fully saturated rings. The lowest BCUT2D eigenvalue weighted by molar-refractivity contribution is 0.296. The van der Waals surface area contributed by atoms with E-state index >= 15 is 0 Å². The number of hydrogen-bond donors (Lipinski definition) is 1. The fourth-order valence-electron chi connectivity index (χ4n) is 1.64. The van der Waals surface area contributed by atoms with Crippen LogP contribution < -0.4 is 0 Å². The second-order valence-electron chi connectivity index (χ2n) is 4.42. The predicted molar refractivity (Wildman–Crippen MR) is 77.6 cm³/mol. The van der Waals surface area contributed by atoms with Crippen molar-refractivity contribution >= 4 is 34.3 Å². The van der Waals surface area contributed by atoms with Crippen molar-refractivity contribution in [1.82, 2.24) is 0 Å². The number of thioether (sulfide) groups is 2. The monoisotopic (exact) mass is 267 g/mol. The number of fused-ring (bicyclic) bond motifs is 1. The molecule has 17 heavy (non-hydrogen) atoms. The van der Waals surface area contributed by atoms with E-state index in [1.165, 1.54) is 4.90 Å². The van der Waals surface area contributed by atoms with E-state index in [1.807, 2.05) is 17.8 Å². The van der Waals surface area contributed by atoms with Gasteiger partial charge in [0, 0.05) is 17.3 Å². The van der Waals surface area contributed by atoms with Gasteiger partial charge in [-0.1, -0.05) is 12.1 Å². The number of para-hydroxylation sites is 1. The molecule has 1 N–H and O–H groups in total. The summed E-state index contributed by atoms with van der Waals surface area (Å²) >= 11 is 3.63. The molecule has 4 heteroatoms. The zero-order valence-electron chi connectivity index (χ0n) is 10.1. The van der Waals surface area contributed by atoms with Gasteiger partial charge >= 0.3 is 0 Å². The largest absolute Gasteiger partial charge is 0.396 e. The smallest absolute Gasteiger partial charge is 0.0898 e. The molecule has 2 rings (SSSR count). The maximum atomic E-state index is 8.83. The van der Waals surface area contributed by atoms with Crippen molar-refractivity contribution in [3.63, 3.8) is 0 Å². The number of aliphatic hydroxyl groups is 1. The summed E-state index contributed by atoms with van der Waals surface area (Å²) in [7, 11) is 0. The number of hydrogen-bond acceptors (Lipinski definition) is 4. The van der Waals surface area contributed by atoms with Crippen molar-refractivity contribution in [2.24, 2.45) is 4.99 Å². The Bertz CT molecular complexity index is 429. The van der Waals surface area contributed by atoms with Crippen LogP contribution in [0.5, 0.6) is 0 Å². The lowest BCUT2D eigenvalue weighted by Gasteiger charge is -2.30. The van der Waals surface area contributed by atoms with Crippen LogP contribution in [0.4, 0.5) is 5.69 Å². The second-order valence-corrected chi connectivity index (χ2v) is 7.17. The maximum absolute atomic E-state index is 8.83. The SMILES string of the molecule is CC1(C)Sc2ccccc2N=C1SCCCO. The molecule has 1 aliphatic rings. The molecular weight excluding hydrogens is 250 g/mol. The molecule has 1 heterocycles. The average molecular weight is 267 g/mol. The Hall–Kier alpha value is -0.450. The molecule has 1 aromatic rings. The van der Waals surface area contributed by atoms with Crippen LogP contribution in [-0.2, 0) is 0 Å². The quantitative estimate of drug-likeness (QED) is 0.847. The summed E-state index contributed by atoms with van der Waals surface area (Å²) in [6, 6.07) is 8.27. The molecule has 2 nitrogen and oxygen atoms in total. The fraction of sp³-hybridized carbons (Fsp3) is 0.462. The highest BCUT2D eigenvalue weighted by molar-refractivity contribution is 8.16. The molecule has 0 amide bonds. The maximum Gasteiger partial charge on any atom is 0.0898 e. The molecule has 0 aromatic heterocycles. The zero-order valence-corrected chi connectivity index (χ0v) is 11.8. The third-order valence-corrected chi connectivity index (χ3v) is 5.27. The molecule has 1 aliphatic heterocycles. The molecular formula is C13H17NOS2. The van der Waals surface area contributed by atoms with Crippen molar-refractivity contribution in [3.05, 3.63) is 24.3 Å². The van der Waals surface area contributed by atoms with Crippen LogP contribution in [0, 0.1) is 0 Å². The van der Waals surface area contributed by atoms with E-state index in [4.69, 9.17) is 10.1 Å². The highest BCUT2D eigenvalue weighted by Crippen LogP contribution is 2.46. The fourth-order valence-corrected chi connectivity index (χ4v) is 3.96. The molecule has 0 spiro atoms. The highest BCUT2D eigenvalue weighted by atomic mass is 32.2. The minimum absolute atomic E-state index is 0.0362. The van der Waals surface area contributed by atoms with E-state index in [-0.39, 0.29) is 11.4 Å². The molecule has 0 aliphatic carbocycles. The van der Waals surface area contributed by atoms with E-state index in [9.17, 15) is 0 Å². The first-order valence-corrected chi connectivity index (χ1v) is 7.54. The van der Waals surface area contributed by atoms with E-state index in [2.05, 4.69) is 32.0 Å². The van der Waals surface area contributed by atoms with Crippen molar-refractivity contribution in [3.8, 4) is 0 Å². The Morgan fingerprint density at radius 2 is 2.12 bits per heavy atom. The van der Waals surface area contributed by atoms with E-state index < -0.39 is 0 Å². The van der Waals surface area contributed by atoms with Crippen molar-refractivity contribution < 1.29 is 5.11 Å². The van der Waals surface area contributed by atoms with Gasteiger partial charge in [0.15, 0.2) is 0 Å². The summed E-state index contributed by atoms with van der Waals surface area (Å²) in [5.74, 6) is 0.932. The third-order valence-electron chi connectivity index (χ3n) is 2.51.